The van der Waals surface area contributed by atoms with Gasteiger partial charge in [0.15, 0.2) is 0 Å². The van der Waals surface area contributed by atoms with Crippen LogP contribution in [0.15, 0.2) is 78.1 Å². The van der Waals surface area contributed by atoms with Crippen molar-refractivity contribution in [3.05, 3.63) is 83.8 Å². The van der Waals surface area contributed by atoms with Crippen LogP contribution in [0.1, 0.15) is 5.56 Å². The largest absolute Gasteiger partial charge is 0.361 e. The minimum absolute atomic E-state index is 0.718. The molecule has 2 aromatic heterocycles. The van der Waals surface area contributed by atoms with Gasteiger partial charge in [-0.1, -0.05) is 29.8 Å². The van der Waals surface area contributed by atoms with Crippen molar-refractivity contribution in [2.75, 3.05) is 12.4 Å². The second kappa shape index (κ2) is 9.46. The average molecular weight is 397 g/mol. The third kappa shape index (κ3) is 5.26. The number of nitrogens with zero attached hydrogens (tertiary/aromatic N) is 1. The molecule has 0 amide bonds. The first-order valence-corrected chi connectivity index (χ1v) is 9.35. The van der Waals surface area contributed by atoms with Crippen LogP contribution in [0.25, 0.3) is 10.9 Å². The van der Waals surface area contributed by atoms with Crippen LogP contribution in [-0.2, 0) is 6.54 Å². The molecule has 0 unspecified atom stereocenters. The highest BCUT2D eigenvalue weighted by molar-refractivity contribution is 7.80. The summed E-state index contributed by atoms with van der Waals surface area (Å²) < 4.78 is 0. The molecule has 3 N–H and O–H groups in total. The fourth-order valence-electron chi connectivity index (χ4n) is 2.67. The molecule has 4 nitrogen and oxygen atoms in total. The Balaban J connectivity index is 0.000000253. The van der Waals surface area contributed by atoms with Crippen LogP contribution in [-0.4, -0.2) is 17.0 Å². The van der Waals surface area contributed by atoms with Gasteiger partial charge in [-0.3, -0.25) is 4.98 Å². The van der Waals surface area contributed by atoms with Gasteiger partial charge in [-0.25, -0.2) is 0 Å². The number of hydrogen-bond donors (Lipinski definition) is 4. The summed E-state index contributed by atoms with van der Waals surface area (Å²) in [5, 5.41) is 8.47. The summed E-state index contributed by atoms with van der Waals surface area (Å²) in [6.45, 7) is 0.858. The number of benzene rings is 2. The van der Waals surface area contributed by atoms with Gasteiger partial charge in [0.05, 0.1) is 10.7 Å². The summed E-state index contributed by atoms with van der Waals surface area (Å²) >= 11 is 10.2. The Kier molecular flexibility index (Phi) is 6.76. The first-order chi connectivity index (χ1) is 13.2. The molecule has 6 heteroatoms. The zero-order chi connectivity index (χ0) is 19.1. The number of aromatic amines is 1. The Bertz CT molecular complexity index is 1000. The van der Waals surface area contributed by atoms with E-state index in [1.165, 1.54) is 10.9 Å². The predicted octanol–water partition coefficient (Wildman–Crippen LogP) is 5.65. The monoisotopic (exact) mass is 396 g/mol. The Labute approximate surface area is 169 Å². The van der Waals surface area contributed by atoms with Crippen LogP contribution in [0, 0.1) is 0 Å². The number of anilines is 2. The van der Waals surface area contributed by atoms with Crippen LogP contribution in [0.3, 0.4) is 0 Å². The summed E-state index contributed by atoms with van der Waals surface area (Å²) in [6, 6.07) is 17.8. The zero-order valence-corrected chi connectivity index (χ0v) is 16.6. The van der Waals surface area contributed by atoms with Gasteiger partial charge < -0.3 is 15.6 Å². The summed E-state index contributed by atoms with van der Waals surface area (Å²) in [4.78, 5) is 8.01. The van der Waals surface area contributed by atoms with Crippen LogP contribution >= 0.6 is 24.2 Å². The lowest BCUT2D eigenvalue weighted by Gasteiger charge is -2.08. The first-order valence-electron chi connectivity index (χ1n) is 8.52. The van der Waals surface area contributed by atoms with E-state index in [0.717, 1.165) is 33.4 Å². The molecule has 0 atom stereocenters. The number of nitrogens with one attached hydrogen (secondary N) is 3. The number of fused-ring (bicyclic) bond motifs is 1. The fraction of sp³-hybridized carbons (Fsp3) is 0.0952. The highest BCUT2D eigenvalue weighted by atomic mass is 35.5. The first kappa shape index (κ1) is 19.3. The molecule has 0 fully saturated rings. The van der Waals surface area contributed by atoms with E-state index in [9.17, 15) is 0 Å². The highest BCUT2D eigenvalue weighted by Gasteiger charge is 2.05. The number of hydrogen-bond acceptors (Lipinski definition) is 4. The molecule has 2 aromatic carbocycles. The van der Waals surface area contributed by atoms with Gasteiger partial charge in [-0.15, -0.1) is 12.6 Å². The third-order valence-corrected chi connectivity index (χ3v) is 4.53. The van der Waals surface area contributed by atoms with Crippen LogP contribution in [0.5, 0.6) is 0 Å². The average Bonchev–Trinajstić information content (AvgIpc) is 3.07. The number of rotatable bonds is 4. The predicted molar refractivity (Wildman–Crippen MR) is 117 cm³/mol. The highest BCUT2D eigenvalue weighted by Crippen LogP contribution is 2.27. The Hall–Kier alpha value is -2.47. The third-order valence-electron chi connectivity index (χ3n) is 3.93. The topological polar surface area (TPSA) is 52.7 Å². The SMILES string of the molecule is CNCc1c[nH]c2cc(Nc3ccccc3Cl)ccc12.Sc1cccnc1. The maximum atomic E-state index is 6.16. The minimum Gasteiger partial charge on any atom is -0.361 e. The molecular weight excluding hydrogens is 376 g/mol. The van der Waals surface area contributed by atoms with Gasteiger partial charge in [-0.2, -0.15) is 0 Å². The van der Waals surface area contributed by atoms with Gasteiger partial charge in [0, 0.05) is 46.6 Å². The van der Waals surface area contributed by atoms with E-state index in [1.54, 1.807) is 12.4 Å². The number of aromatic nitrogens is 2. The number of para-hydroxylation sites is 1. The van der Waals surface area contributed by atoms with Crippen molar-refractivity contribution < 1.29 is 0 Å². The normalized spacial score (nSPS) is 10.3. The quantitative estimate of drug-likeness (QED) is 0.337. The molecule has 0 saturated heterocycles. The van der Waals surface area contributed by atoms with E-state index >= 15 is 0 Å². The van der Waals surface area contributed by atoms with Gasteiger partial charge in [0.1, 0.15) is 0 Å². The lowest BCUT2D eigenvalue weighted by molar-refractivity contribution is 0.823. The molecule has 0 aliphatic heterocycles. The molecule has 0 spiro atoms. The fourth-order valence-corrected chi connectivity index (χ4v) is 3.01. The Morgan fingerprint density at radius 3 is 2.63 bits per heavy atom. The van der Waals surface area contributed by atoms with Crippen molar-refractivity contribution in [3.63, 3.8) is 0 Å². The number of pyridine rings is 1. The van der Waals surface area contributed by atoms with Crippen molar-refractivity contribution in [3.8, 4) is 0 Å². The number of thiol groups is 1. The molecule has 0 aliphatic carbocycles. The zero-order valence-electron chi connectivity index (χ0n) is 14.9. The summed E-state index contributed by atoms with van der Waals surface area (Å²) in [7, 11) is 1.95. The molecule has 138 valence electrons. The second-order valence-electron chi connectivity index (χ2n) is 5.92. The van der Waals surface area contributed by atoms with Crippen molar-refractivity contribution in [2.45, 2.75) is 11.4 Å². The van der Waals surface area contributed by atoms with Crippen molar-refractivity contribution in [1.82, 2.24) is 15.3 Å². The van der Waals surface area contributed by atoms with E-state index in [-0.39, 0.29) is 0 Å². The van der Waals surface area contributed by atoms with Crippen molar-refractivity contribution >= 4 is 46.5 Å². The second-order valence-corrected chi connectivity index (χ2v) is 6.84. The standard InChI is InChI=1S/C16H16ClN3.C5H5NS/c1-18-9-11-10-19-16-8-12(6-7-13(11)16)20-15-5-3-2-4-14(15)17;7-5-2-1-3-6-4-5/h2-8,10,18-20H,9H2,1H3;1-4,7H. The van der Waals surface area contributed by atoms with E-state index in [2.05, 4.69) is 51.4 Å². The molecule has 2 heterocycles. The van der Waals surface area contributed by atoms with Crippen LogP contribution < -0.4 is 10.6 Å². The van der Waals surface area contributed by atoms with E-state index in [1.807, 2.05) is 49.6 Å². The van der Waals surface area contributed by atoms with Gasteiger partial charge >= 0.3 is 0 Å². The summed E-state index contributed by atoms with van der Waals surface area (Å²) in [6.07, 6.45) is 5.46. The number of H-pyrrole nitrogens is 1. The lowest BCUT2D eigenvalue weighted by Crippen LogP contribution is -2.03. The molecule has 0 saturated carbocycles. The van der Waals surface area contributed by atoms with Crippen molar-refractivity contribution in [2.24, 2.45) is 0 Å². The molecular formula is C21H21ClN4S. The maximum absolute atomic E-state index is 6.16. The molecule has 27 heavy (non-hydrogen) atoms. The van der Waals surface area contributed by atoms with Crippen molar-refractivity contribution in [1.29, 1.82) is 0 Å². The van der Waals surface area contributed by atoms with Crippen LogP contribution in [0.4, 0.5) is 11.4 Å². The lowest BCUT2D eigenvalue weighted by atomic mass is 10.1. The summed E-state index contributed by atoms with van der Waals surface area (Å²) in [5.74, 6) is 0. The molecule has 4 aromatic rings. The smallest absolute Gasteiger partial charge is 0.0640 e. The van der Waals surface area contributed by atoms with E-state index < -0.39 is 0 Å². The van der Waals surface area contributed by atoms with Crippen LogP contribution in [0.2, 0.25) is 5.02 Å². The maximum Gasteiger partial charge on any atom is 0.0640 e. The van der Waals surface area contributed by atoms with E-state index in [0.29, 0.717) is 0 Å². The molecule has 0 radical (unpaired) electrons. The minimum atomic E-state index is 0.718. The molecule has 4 rings (SSSR count). The Morgan fingerprint density at radius 1 is 1.11 bits per heavy atom. The summed E-state index contributed by atoms with van der Waals surface area (Å²) in [5.41, 5.74) is 4.32. The van der Waals surface area contributed by atoms with Gasteiger partial charge in [0.25, 0.3) is 0 Å². The number of halogens is 1. The molecule has 0 bridgehead atoms. The molecule has 0 aliphatic rings. The van der Waals surface area contributed by atoms with Gasteiger partial charge in [0.2, 0.25) is 0 Å². The van der Waals surface area contributed by atoms with E-state index in [4.69, 9.17) is 11.6 Å². The van der Waals surface area contributed by atoms with Gasteiger partial charge in [-0.05, 0) is 49.0 Å². The Morgan fingerprint density at radius 2 is 1.96 bits per heavy atom.